The summed E-state index contributed by atoms with van der Waals surface area (Å²) < 4.78 is 11.1. The maximum absolute atomic E-state index is 12.7. The summed E-state index contributed by atoms with van der Waals surface area (Å²) in [6.45, 7) is 5.25. The third kappa shape index (κ3) is 3.73. The minimum Gasteiger partial charge on any atom is -0.381 e. The maximum atomic E-state index is 12.7. The molecule has 1 atom stereocenters. The standard InChI is InChI=1S/C22H31N3O4/c1-16-3-5-17(6-4-16)15-23-21(27)24-11-7-18(8-12-24)25-20(26)19(28-2)22(25)9-13-29-14-10-22/h3-6,18-19H,7-15H2,1-2H3,(H,23,27). The van der Waals surface area contributed by atoms with Crippen LogP contribution in [-0.4, -0.2) is 72.8 Å². The van der Waals surface area contributed by atoms with Crippen LogP contribution in [0.3, 0.4) is 0 Å². The van der Waals surface area contributed by atoms with Crippen LogP contribution in [0.2, 0.25) is 0 Å². The highest BCUT2D eigenvalue weighted by Gasteiger charge is 2.62. The Morgan fingerprint density at radius 1 is 1.21 bits per heavy atom. The van der Waals surface area contributed by atoms with Crippen molar-refractivity contribution in [1.82, 2.24) is 15.1 Å². The molecule has 1 unspecified atom stereocenters. The predicted octanol–water partition coefficient (Wildman–Crippen LogP) is 2.08. The average Bonchev–Trinajstić information content (AvgIpc) is 2.75. The van der Waals surface area contributed by atoms with Crippen molar-refractivity contribution in [2.75, 3.05) is 33.4 Å². The molecule has 1 aromatic carbocycles. The summed E-state index contributed by atoms with van der Waals surface area (Å²) in [7, 11) is 1.62. The molecule has 158 valence electrons. The molecule has 3 saturated heterocycles. The topological polar surface area (TPSA) is 71.1 Å². The molecule has 3 amide bonds. The Bertz CT molecular complexity index is 737. The summed E-state index contributed by atoms with van der Waals surface area (Å²) in [6, 6.07) is 8.32. The van der Waals surface area contributed by atoms with Gasteiger partial charge in [-0.3, -0.25) is 4.79 Å². The molecule has 7 nitrogen and oxygen atoms in total. The van der Waals surface area contributed by atoms with Crippen LogP contribution in [0.4, 0.5) is 4.79 Å². The van der Waals surface area contributed by atoms with Crippen molar-refractivity contribution in [3.63, 3.8) is 0 Å². The van der Waals surface area contributed by atoms with Gasteiger partial charge in [0.05, 0.1) is 5.54 Å². The lowest BCUT2D eigenvalue weighted by Gasteiger charge is -2.61. The number of piperidine rings is 1. The van der Waals surface area contributed by atoms with Crippen molar-refractivity contribution >= 4 is 11.9 Å². The van der Waals surface area contributed by atoms with Gasteiger partial charge in [-0.05, 0) is 38.2 Å². The van der Waals surface area contributed by atoms with Crippen LogP contribution < -0.4 is 5.32 Å². The van der Waals surface area contributed by atoms with Gasteiger partial charge in [0.25, 0.3) is 5.91 Å². The largest absolute Gasteiger partial charge is 0.381 e. The molecule has 3 fully saturated rings. The molecule has 0 radical (unpaired) electrons. The molecule has 0 aliphatic carbocycles. The second-order valence-electron chi connectivity index (χ2n) is 8.40. The summed E-state index contributed by atoms with van der Waals surface area (Å²) in [5, 5.41) is 3.01. The third-order valence-corrected chi connectivity index (χ3v) is 6.71. The van der Waals surface area contributed by atoms with E-state index in [4.69, 9.17) is 9.47 Å². The van der Waals surface area contributed by atoms with Gasteiger partial charge in [0.15, 0.2) is 6.10 Å². The zero-order valence-electron chi connectivity index (χ0n) is 17.4. The van der Waals surface area contributed by atoms with Gasteiger partial charge in [-0.25, -0.2) is 4.79 Å². The van der Waals surface area contributed by atoms with Crippen LogP contribution in [-0.2, 0) is 20.8 Å². The zero-order valence-corrected chi connectivity index (χ0v) is 17.4. The molecule has 0 saturated carbocycles. The highest BCUT2D eigenvalue weighted by atomic mass is 16.5. The summed E-state index contributed by atoms with van der Waals surface area (Å²) in [4.78, 5) is 29.2. The number of benzene rings is 1. The molecule has 1 N–H and O–H groups in total. The van der Waals surface area contributed by atoms with E-state index in [2.05, 4.69) is 29.3 Å². The van der Waals surface area contributed by atoms with Gasteiger partial charge < -0.3 is 24.6 Å². The number of hydrogen-bond acceptors (Lipinski definition) is 4. The van der Waals surface area contributed by atoms with E-state index in [1.165, 1.54) is 5.56 Å². The Hall–Kier alpha value is -2.12. The molecule has 3 aliphatic heterocycles. The van der Waals surface area contributed by atoms with E-state index in [9.17, 15) is 9.59 Å². The number of likely N-dealkylation sites (tertiary alicyclic amines) is 2. The normalized spacial score (nSPS) is 24.5. The second kappa shape index (κ2) is 8.32. The van der Waals surface area contributed by atoms with Gasteiger partial charge in [0.1, 0.15) is 0 Å². The lowest BCUT2D eigenvalue weighted by Crippen LogP contribution is -2.79. The van der Waals surface area contributed by atoms with Crippen molar-refractivity contribution in [2.45, 2.75) is 56.8 Å². The van der Waals surface area contributed by atoms with E-state index in [1.807, 2.05) is 17.0 Å². The van der Waals surface area contributed by atoms with Crippen molar-refractivity contribution < 1.29 is 19.1 Å². The van der Waals surface area contributed by atoms with Crippen LogP contribution in [0.25, 0.3) is 0 Å². The van der Waals surface area contributed by atoms with Gasteiger partial charge >= 0.3 is 6.03 Å². The molecule has 29 heavy (non-hydrogen) atoms. The fraction of sp³-hybridized carbons (Fsp3) is 0.636. The number of carbonyl (C=O) groups excluding carboxylic acids is 2. The van der Waals surface area contributed by atoms with Crippen LogP contribution in [0.5, 0.6) is 0 Å². The summed E-state index contributed by atoms with van der Waals surface area (Å²) in [5.74, 6) is 0.0941. The highest BCUT2D eigenvalue weighted by molar-refractivity contribution is 5.91. The minimum atomic E-state index is -0.345. The average molecular weight is 402 g/mol. The number of methoxy groups -OCH3 is 1. The van der Waals surface area contributed by atoms with Gasteiger partial charge in [-0.1, -0.05) is 29.8 Å². The van der Waals surface area contributed by atoms with Gasteiger partial charge in [-0.2, -0.15) is 0 Å². The number of ether oxygens (including phenoxy) is 2. The number of hydrogen-bond donors (Lipinski definition) is 1. The number of carbonyl (C=O) groups is 2. The Balaban J connectivity index is 1.31. The molecular weight excluding hydrogens is 370 g/mol. The quantitative estimate of drug-likeness (QED) is 0.784. The molecule has 1 aromatic rings. The van der Waals surface area contributed by atoms with Crippen molar-refractivity contribution in [1.29, 1.82) is 0 Å². The Labute approximate surface area is 172 Å². The van der Waals surface area contributed by atoms with E-state index in [-0.39, 0.29) is 29.6 Å². The maximum Gasteiger partial charge on any atom is 0.317 e. The van der Waals surface area contributed by atoms with E-state index < -0.39 is 0 Å². The van der Waals surface area contributed by atoms with Gasteiger partial charge in [-0.15, -0.1) is 0 Å². The minimum absolute atomic E-state index is 0.0329. The van der Waals surface area contributed by atoms with E-state index in [0.29, 0.717) is 32.8 Å². The van der Waals surface area contributed by atoms with Crippen LogP contribution >= 0.6 is 0 Å². The Kier molecular flexibility index (Phi) is 5.79. The number of nitrogens with zero attached hydrogens (tertiary/aromatic N) is 2. The molecule has 7 heteroatoms. The fourth-order valence-electron chi connectivity index (χ4n) is 5.05. The lowest BCUT2D eigenvalue weighted by molar-refractivity contribution is -0.213. The van der Waals surface area contributed by atoms with Crippen LogP contribution in [0, 0.1) is 6.92 Å². The fourth-order valence-corrected chi connectivity index (χ4v) is 5.05. The zero-order chi connectivity index (χ0) is 20.4. The smallest absolute Gasteiger partial charge is 0.317 e. The first-order chi connectivity index (χ1) is 14.0. The molecule has 0 bridgehead atoms. The lowest BCUT2D eigenvalue weighted by atomic mass is 9.72. The first-order valence-corrected chi connectivity index (χ1v) is 10.6. The summed E-state index contributed by atoms with van der Waals surface area (Å²) in [6.07, 6.45) is 2.93. The molecule has 4 rings (SSSR count). The Morgan fingerprint density at radius 3 is 2.48 bits per heavy atom. The molecule has 0 aromatic heterocycles. The molecular formula is C22H31N3O4. The molecule has 1 spiro atoms. The van der Waals surface area contributed by atoms with Crippen LogP contribution in [0.1, 0.15) is 36.8 Å². The predicted molar refractivity (Wildman–Crippen MR) is 108 cm³/mol. The molecule has 3 heterocycles. The van der Waals surface area contributed by atoms with E-state index >= 15 is 0 Å². The number of amides is 3. The van der Waals surface area contributed by atoms with Gasteiger partial charge in [0.2, 0.25) is 0 Å². The molecule has 3 aliphatic rings. The van der Waals surface area contributed by atoms with Crippen molar-refractivity contribution in [2.24, 2.45) is 0 Å². The first-order valence-electron chi connectivity index (χ1n) is 10.6. The number of aryl methyl sites for hydroxylation is 1. The monoisotopic (exact) mass is 401 g/mol. The number of nitrogens with one attached hydrogen (secondary N) is 1. The van der Waals surface area contributed by atoms with Gasteiger partial charge in [0, 0.05) is 46.0 Å². The number of β-lactam (4-membered cyclic amide) rings is 1. The van der Waals surface area contributed by atoms with Crippen molar-refractivity contribution in [3.05, 3.63) is 35.4 Å². The van der Waals surface area contributed by atoms with Crippen LogP contribution in [0.15, 0.2) is 24.3 Å². The number of rotatable bonds is 4. The number of urea groups is 1. The summed E-state index contributed by atoms with van der Waals surface area (Å²) in [5.41, 5.74) is 2.09. The SMILES string of the molecule is COC1C(=O)N(C2CCN(C(=O)NCc3ccc(C)cc3)CC2)C12CCOCC2. The summed E-state index contributed by atoms with van der Waals surface area (Å²) >= 11 is 0. The highest BCUT2D eigenvalue weighted by Crippen LogP contribution is 2.45. The van der Waals surface area contributed by atoms with Crippen molar-refractivity contribution in [3.8, 4) is 0 Å². The second-order valence-corrected chi connectivity index (χ2v) is 8.40. The van der Waals surface area contributed by atoms with E-state index in [0.717, 1.165) is 31.2 Å². The van der Waals surface area contributed by atoms with E-state index in [1.54, 1.807) is 7.11 Å². The Morgan fingerprint density at radius 2 is 1.86 bits per heavy atom. The first kappa shape index (κ1) is 20.2. The third-order valence-electron chi connectivity index (χ3n) is 6.71.